The van der Waals surface area contributed by atoms with Crippen molar-refractivity contribution in [1.29, 1.82) is 0 Å². The van der Waals surface area contributed by atoms with Crippen LogP contribution in [0.15, 0.2) is 22.8 Å². The van der Waals surface area contributed by atoms with Crippen molar-refractivity contribution in [2.24, 2.45) is 5.92 Å². The van der Waals surface area contributed by atoms with Crippen molar-refractivity contribution in [3.63, 3.8) is 0 Å². The summed E-state index contributed by atoms with van der Waals surface area (Å²) in [6.07, 6.45) is 3.02. The third kappa shape index (κ3) is 1.55. The van der Waals surface area contributed by atoms with Gasteiger partial charge in [0.1, 0.15) is 5.82 Å². The lowest BCUT2D eigenvalue weighted by atomic mass is 9.99. The van der Waals surface area contributed by atoms with Crippen LogP contribution >= 0.6 is 15.9 Å². The predicted molar refractivity (Wildman–Crippen MR) is 60.8 cm³/mol. The maximum Gasteiger partial charge on any atom is 0.175 e. The van der Waals surface area contributed by atoms with E-state index in [4.69, 9.17) is 0 Å². The highest BCUT2D eigenvalue weighted by molar-refractivity contribution is 9.10. The van der Waals surface area contributed by atoms with Gasteiger partial charge in [0.15, 0.2) is 5.65 Å². The molecule has 1 aliphatic heterocycles. The van der Waals surface area contributed by atoms with Crippen LogP contribution < -0.4 is 5.32 Å². The molecule has 15 heavy (non-hydrogen) atoms. The van der Waals surface area contributed by atoms with E-state index in [1.54, 1.807) is 0 Å². The molecule has 1 fully saturated rings. The number of nitrogens with zero attached hydrogens (tertiary/aromatic N) is 3. The van der Waals surface area contributed by atoms with Crippen molar-refractivity contribution in [2.45, 2.75) is 6.42 Å². The van der Waals surface area contributed by atoms with Crippen LogP contribution in [0.1, 0.15) is 5.82 Å². The van der Waals surface area contributed by atoms with Crippen molar-refractivity contribution < 1.29 is 0 Å². The summed E-state index contributed by atoms with van der Waals surface area (Å²) in [5.41, 5.74) is 0.903. The number of hydrogen-bond acceptors (Lipinski definition) is 3. The smallest absolute Gasteiger partial charge is 0.175 e. The van der Waals surface area contributed by atoms with Crippen LogP contribution in [-0.2, 0) is 6.42 Å². The molecule has 0 spiro atoms. The normalized spacial score (nSPS) is 16.9. The van der Waals surface area contributed by atoms with Crippen LogP contribution in [0.2, 0.25) is 0 Å². The summed E-state index contributed by atoms with van der Waals surface area (Å²) in [7, 11) is 0. The van der Waals surface area contributed by atoms with Gasteiger partial charge >= 0.3 is 0 Å². The van der Waals surface area contributed by atoms with Gasteiger partial charge in [0.05, 0.1) is 4.47 Å². The van der Waals surface area contributed by atoms with Gasteiger partial charge in [-0.15, -0.1) is 10.2 Å². The van der Waals surface area contributed by atoms with E-state index < -0.39 is 0 Å². The molecule has 1 aliphatic rings. The van der Waals surface area contributed by atoms with Crippen LogP contribution in [0.3, 0.4) is 0 Å². The lowest BCUT2D eigenvalue weighted by Gasteiger charge is -2.26. The quantitative estimate of drug-likeness (QED) is 0.890. The van der Waals surface area contributed by atoms with E-state index in [0.717, 1.165) is 41.4 Å². The van der Waals surface area contributed by atoms with Gasteiger partial charge in [0, 0.05) is 12.6 Å². The van der Waals surface area contributed by atoms with Gasteiger partial charge in [0.25, 0.3) is 0 Å². The van der Waals surface area contributed by atoms with E-state index in [-0.39, 0.29) is 0 Å². The molecule has 5 heteroatoms. The van der Waals surface area contributed by atoms with Crippen molar-refractivity contribution in [1.82, 2.24) is 19.9 Å². The second-order valence-electron chi connectivity index (χ2n) is 3.89. The van der Waals surface area contributed by atoms with E-state index in [1.165, 1.54) is 0 Å². The molecule has 0 saturated carbocycles. The Balaban J connectivity index is 2.00. The summed E-state index contributed by atoms with van der Waals surface area (Å²) >= 11 is 3.47. The summed E-state index contributed by atoms with van der Waals surface area (Å²) in [5, 5.41) is 11.7. The molecule has 0 aromatic carbocycles. The van der Waals surface area contributed by atoms with E-state index in [0.29, 0.717) is 0 Å². The summed E-state index contributed by atoms with van der Waals surface area (Å²) in [5.74, 6) is 1.77. The second-order valence-corrected chi connectivity index (χ2v) is 4.75. The molecule has 2 aromatic heterocycles. The molecular formula is C10H11BrN4. The summed E-state index contributed by atoms with van der Waals surface area (Å²) in [6, 6.07) is 3.99. The van der Waals surface area contributed by atoms with Crippen molar-refractivity contribution in [3.8, 4) is 0 Å². The first-order valence-corrected chi connectivity index (χ1v) is 5.83. The van der Waals surface area contributed by atoms with Crippen molar-refractivity contribution in [2.75, 3.05) is 13.1 Å². The van der Waals surface area contributed by atoms with Gasteiger partial charge in [-0.2, -0.15) is 0 Å². The number of hydrogen-bond donors (Lipinski definition) is 1. The van der Waals surface area contributed by atoms with Gasteiger partial charge in [-0.25, -0.2) is 0 Å². The Morgan fingerprint density at radius 2 is 2.33 bits per heavy atom. The van der Waals surface area contributed by atoms with Crippen molar-refractivity contribution >= 4 is 21.6 Å². The molecule has 1 N–H and O–H groups in total. The Labute approximate surface area is 95.8 Å². The predicted octanol–water partition coefficient (Wildman–Crippen LogP) is 1.25. The topological polar surface area (TPSA) is 42.2 Å². The van der Waals surface area contributed by atoms with Crippen LogP contribution in [-0.4, -0.2) is 27.7 Å². The molecule has 2 aromatic rings. The van der Waals surface area contributed by atoms with Gasteiger partial charge in [-0.05, 0) is 47.1 Å². The molecule has 3 heterocycles. The fraction of sp³-hybridized carbons (Fsp3) is 0.400. The lowest BCUT2D eigenvalue weighted by molar-refractivity contribution is 0.340. The first-order valence-electron chi connectivity index (χ1n) is 5.03. The second kappa shape index (κ2) is 3.57. The fourth-order valence-corrected chi connectivity index (χ4v) is 2.24. The first-order chi connectivity index (χ1) is 7.34. The summed E-state index contributed by atoms with van der Waals surface area (Å²) in [6.45, 7) is 2.20. The maximum absolute atomic E-state index is 4.23. The SMILES string of the molecule is Brc1cccn2c(CC3CNC3)nnc12. The summed E-state index contributed by atoms with van der Waals surface area (Å²) in [4.78, 5) is 0. The molecule has 3 rings (SSSR count). The van der Waals surface area contributed by atoms with Gasteiger partial charge in [-0.3, -0.25) is 4.40 Å². The largest absolute Gasteiger partial charge is 0.316 e. The number of nitrogens with one attached hydrogen (secondary N) is 1. The minimum atomic E-state index is 0.719. The molecule has 0 amide bonds. The minimum Gasteiger partial charge on any atom is -0.316 e. The maximum atomic E-state index is 4.23. The van der Waals surface area contributed by atoms with Crippen LogP contribution in [0.4, 0.5) is 0 Å². The number of rotatable bonds is 2. The van der Waals surface area contributed by atoms with Gasteiger partial charge < -0.3 is 5.32 Å². The van der Waals surface area contributed by atoms with Crippen LogP contribution in [0, 0.1) is 5.92 Å². The molecule has 1 saturated heterocycles. The zero-order chi connectivity index (χ0) is 10.3. The molecular weight excluding hydrogens is 256 g/mol. The molecule has 0 bridgehead atoms. The Morgan fingerprint density at radius 3 is 3.07 bits per heavy atom. The standard InChI is InChI=1S/C10H11BrN4/c11-8-2-1-3-15-9(13-14-10(8)15)4-7-5-12-6-7/h1-3,7,12H,4-6H2. The molecule has 0 atom stereocenters. The average Bonchev–Trinajstić information content (AvgIpc) is 2.56. The Bertz CT molecular complexity index is 489. The van der Waals surface area contributed by atoms with E-state index in [9.17, 15) is 0 Å². The molecule has 0 unspecified atom stereocenters. The zero-order valence-electron chi connectivity index (χ0n) is 8.15. The number of fused-ring (bicyclic) bond motifs is 1. The number of pyridine rings is 1. The highest BCUT2D eigenvalue weighted by Crippen LogP contribution is 2.18. The van der Waals surface area contributed by atoms with Gasteiger partial charge in [-0.1, -0.05) is 0 Å². The average molecular weight is 267 g/mol. The number of aromatic nitrogens is 3. The van der Waals surface area contributed by atoms with Crippen LogP contribution in [0.25, 0.3) is 5.65 Å². The lowest BCUT2D eigenvalue weighted by Crippen LogP contribution is -2.43. The minimum absolute atomic E-state index is 0.719. The Hall–Kier alpha value is -0.940. The third-order valence-corrected chi connectivity index (χ3v) is 3.41. The van der Waals surface area contributed by atoms with E-state index in [1.807, 2.05) is 18.3 Å². The monoisotopic (exact) mass is 266 g/mol. The molecule has 0 aliphatic carbocycles. The fourth-order valence-electron chi connectivity index (χ4n) is 1.82. The zero-order valence-corrected chi connectivity index (χ0v) is 9.74. The van der Waals surface area contributed by atoms with Gasteiger partial charge in [0.2, 0.25) is 0 Å². The highest BCUT2D eigenvalue weighted by atomic mass is 79.9. The third-order valence-electron chi connectivity index (χ3n) is 2.79. The summed E-state index contributed by atoms with van der Waals surface area (Å²) < 4.78 is 3.05. The Morgan fingerprint density at radius 1 is 1.47 bits per heavy atom. The van der Waals surface area contributed by atoms with E-state index >= 15 is 0 Å². The molecule has 78 valence electrons. The Kier molecular flexibility index (Phi) is 2.21. The molecule has 0 radical (unpaired) electrons. The van der Waals surface area contributed by atoms with Crippen LogP contribution in [0.5, 0.6) is 0 Å². The van der Waals surface area contributed by atoms with E-state index in [2.05, 4.69) is 35.8 Å². The molecule has 4 nitrogen and oxygen atoms in total. The van der Waals surface area contributed by atoms with Crippen molar-refractivity contribution in [3.05, 3.63) is 28.6 Å². The number of halogens is 1. The highest BCUT2D eigenvalue weighted by Gasteiger charge is 2.20. The first kappa shape index (κ1) is 9.30.